The molecule has 0 aliphatic heterocycles. The fraction of sp³-hybridized carbons (Fsp3) is 0.333. The van der Waals surface area contributed by atoms with Gasteiger partial charge in [0, 0.05) is 18.1 Å². The van der Waals surface area contributed by atoms with Crippen molar-refractivity contribution >= 4 is 51.0 Å². The molecule has 0 radical (unpaired) electrons. The van der Waals surface area contributed by atoms with Crippen molar-refractivity contribution in [2.75, 3.05) is 17.8 Å². The van der Waals surface area contributed by atoms with Crippen molar-refractivity contribution in [2.24, 2.45) is 4.99 Å². The number of aryl methyl sites for hydroxylation is 2. The summed E-state index contributed by atoms with van der Waals surface area (Å²) in [5.74, 6) is 2.19. The molecule has 0 saturated carbocycles. The molecule has 1 amide bonds. The Kier molecular flexibility index (Phi) is 7.61. The third kappa shape index (κ3) is 5.50. The van der Waals surface area contributed by atoms with Crippen molar-refractivity contribution in [3.63, 3.8) is 0 Å². The van der Waals surface area contributed by atoms with Gasteiger partial charge in [-0.05, 0) is 35.9 Å². The van der Waals surface area contributed by atoms with E-state index in [0.29, 0.717) is 5.75 Å². The summed E-state index contributed by atoms with van der Waals surface area (Å²) in [6, 6.07) is 16.8. The largest absolute Gasteiger partial charge is 0.316 e. The standard InChI is InChI=1S/C21H24N2OS3/c1-3-16-9-10-18-19(13-16)27-21(23(18)11-12-25-2)22-20(24)15-26-14-17-7-5-4-6-8-17/h4-10,13H,3,11-12,14-15H2,1-2H3. The van der Waals surface area contributed by atoms with E-state index in [1.165, 1.54) is 21.3 Å². The Labute approximate surface area is 172 Å². The first-order chi connectivity index (χ1) is 13.2. The SMILES string of the molecule is CCc1ccc2c(c1)sc(=NC(=O)CSCc1ccccc1)n2CCSC. The quantitative estimate of drug-likeness (QED) is 0.519. The third-order valence-electron chi connectivity index (χ3n) is 4.23. The smallest absolute Gasteiger partial charge is 0.258 e. The molecule has 3 nitrogen and oxygen atoms in total. The number of hydrogen-bond donors (Lipinski definition) is 0. The van der Waals surface area contributed by atoms with Gasteiger partial charge in [-0.2, -0.15) is 16.8 Å². The summed E-state index contributed by atoms with van der Waals surface area (Å²) >= 11 is 5.05. The van der Waals surface area contributed by atoms with Gasteiger partial charge in [-0.3, -0.25) is 4.79 Å². The van der Waals surface area contributed by atoms with Crippen LogP contribution in [0.3, 0.4) is 0 Å². The van der Waals surface area contributed by atoms with Crippen LogP contribution in [0, 0.1) is 0 Å². The molecule has 0 bridgehead atoms. The van der Waals surface area contributed by atoms with Gasteiger partial charge in [-0.25, -0.2) is 0 Å². The lowest BCUT2D eigenvalue weighted by Crippen LogP contribution is -2.18. The number of hydrogen-bond acceptors (Lipinski definition) is 4. The highest BCUT2D eigenvalue weighted by molar-refractivity contribution is 7.99. The minimum atomic E-state index is -0.0592. The molecule has 1 heterocycles. The molecule has 0 aliphatic carbocycles. The van der Waals surface area contributed by atoms with E-state index in [2.05, 4.69) is 53.1 Å². The average Bonchev–Trinajstić information content (AvgIpc) is 3.03. The van der Waals surface area contributed by atoms with Gasteiger partial charge >= 0.3 is 0 Å². The summed E-state index contributed by atoms with van der Waals surface area (Å²) in [4.78, 5) is 17.7. The van der Waals surface area contributed by atoms with Gasteiger partial charge in [0.25, 0.3) is 5.91 Å². The number of benzene rings is 2. The number of fused-ring (bicyclic) bond motifs is 1. The molecule has 0 saturated heterocycles. The van der Waals surface area contributed by atoms with Gasteiger partial charge < -0.3 is 4.57 Å². The highest BCUT2D eigenvalue weighted by Crippen LogP contribution is 2.20. The highest BCUT2D eigenvalue weighted by Gasteiger charge is 2.09. The van der Waals surface area contributed by atoms with Gasteiger partial charge in [0.15, 0.2) is 4.80 Å². The molecule has 0 spiro atoms. The monoisotopic (exact) mass is 416 g/mol. The first-order valence-corrected chi connectivity index (χ1v) is 12.4. The second-order valence-electron chi connectivity index (χ2n) is 6.17. The first-order valence-electron chi connectivity index (χ1n) is 9.01. The van der Waals surface area contributed by atoms with Crippen molar-refractivity contribution in [1.82, 2.24) is 4.57 Å². The van der Waals surface area contributed by atoms with Crippen molar-refractivity contribution in [3.05, 3.63) is 64.5 Å². The average molecular weight is 417 g/mol. The number of thiazole rings is 1. The van der Waals surface area contributed by atoms with E-state index in [1.54, 1.807) is 23.1 Å². The van der Waals surface area contributed by atoms with Crippen LogP contribution in [-0.4, -0.2) is 28.2 Å². The molecule has 27 heavy (non-hydrogen) atoms. The van der Waals surface area contributed by atoms with Gasteiger partial charge in [0.05, 0.1) is 16.0 Å². The number of rotatable bonds is 8. The molecule has 0 aliphatic rings. The van der Waals surface area contributed by atoms with Crippen molar-refractivity contribution < 1.29 is 4.79 Å². The topological polar surface area (TPSA) is 34.4 Å². The van der Waals surface area contributed by atoms with Gasteiger partial charge in [0.2, 0.25) is 0 Å². The molecular weight excluding hydrogens is 392 g/mol. The number of thioether (sulfide) groups is 2. The molecule has 1 aromatic heterocycles. The molecule has 0 N–H and O–H groups in total. The molecule has 0 unspecified atom stereocenters. The second-order valence-corrected chi connectivity index (χ2v) is 9.15. The van der Waals surface area contributed by atoms with Crippen molar-refractivity contribution in [2.45, 2.75) is 25.6 Å². The van der Waals surface area contributed by atoms with E-state index in [1.807, 2.05) is 30.0 Å². The Morgan fingerprint density at radius 3 is 2.70 bits per heavy atom. The lowest BCUT2D eigenvalue weighted by molar-refractivity contribution is -0.115. The molecule has 6 heteroatoms. The predicted molar refractivity (Wildman–Crippen MR) is 121 cm³/mol. The van der Waals surface area contributed by atoms with Crippen LogP contribution in [-0.2, 0) is 23.5 Å². The zero-order valence-electron chi connectivity index (χ0n) is 15.7. The summed E-state index contributed by atoms with van der Waals surface area (Å²) in [5.41, 5.74) is 3.73. The molecular formula is C21H24N2OS3. The predicted octanol–water partition coefficient (Wildman–Crippen LogP) is 4.99. The van der Waals surface area contributed by atoms with Gasteiger partial charge in [-0.15, -0.1) is 11.8 Å². The van der Waals surface area contributed by atoms with E-state index in [0.717, 1.165) is 29.3 Å². The lowest BCUT2D eigenvalue weighted by atomic mass is 10.2. The van der Waals surface area contributed by atoms with Crippen LogP contribution in [0.2, 0.25) is 0 Å². The van der Waals surface area contributed by atoms with E-state index >= 15 is 0 Å². The normalized spacial score (nSPS) is 12.0. The Bertz CT molecular complexity index is 960. The van der Waals surface area contributed by atoms with Crippen LogP contribution >= 0.6 is 34.9 Å². The molecule has 0 atom stereocenters. The van der Waals surface area contributed by atoms with E-state index in [4.69, 9.17) is 0 Å². The van der Waals surface area contributed by atoms with E-state index in [-0.39, 0.29) is 5.91 Å². The second kappa shape index (κ2) is 10.2. The maximum atomic E-state index is 12.4. The number of nitrogens with zero attached hydrogens (tertiary/aromatic N) is 2. The molecule has 3 rings (SSSR count). The van der Waals surface area contributed by atoms with Crippen LogP contribution in [0.5, 0.6) is 0 Å². The number of aromatic nitrogens is 1. The molecule has 0 fully saturated rings. The Morgan fingerprint density at radius 2 is 1.96 bits per heavy atom. The summed E-state index contributed by atoms with van der Waals surface area (Å²) in [6.07, 6.45) is 3.12. The Hall–Kier alpha value is -1.50. The van der Waals surface area contributed by atoms with Crippen molar-refractivity contribution in [3.8, 4) is 0 Å². The highest BCUT2D eigenvalue weighted by atomic mass is 32.2. The van der Waals surface area contributed by atoms with E-state index in [9.17, 15) is 4.79 Å². The van der Waals surface area contributed by atoms with Gasteiger partial charge in [-0.1, -0.05) is 54.7 Å². The van der Waals surface area contributed by atoms with Crippen LogP contribution in [0.15, 0.2) is 53.5 Å². The maximum Gasteiger partial charge on any atom is 0.258 e. The fourth-order valence-electron chi connectivity index (χ4n) is 2.79. The third-order valence-corrected chi connectivity index (χ3v) is 6.85. The lowest BCUT2D eigenvalue weighted by Gasteiger charge is -2.04. The Balaban J connectivity index is 1.79. The minimum Gasteiger partial charge on any atom is -0.316 e. The zero-order chi connectivity index (χ0) is 19.1. The molecule has 3 aromatic rings. The Morgan fingerprint density at radius 1 is 1.15 bits per heavy atom. The number of amides is 1. The van der Waals surface area contributed by atoms with Gasteiger partial charge in [0.1, 0.15) is 0 Å². The van der Waals surface area contributed by atoms with Crippen LogP contribution < -0.4 is 4.80 Å². The summed E-state index contributed by atoms with van der Waals surface area (Å²) in [7, 11) is 0. The summed E-state index contributed by atoms with van der Waals surface area (Å²) < 4.78 is 3.40. The van der Waals surface area contributed by atoms with Crippen LogP contribution in [0.25, 0.3) is 10.2 Å². The minimum absolute atomic E-state index is 0.0592. The number of carbonyl (C=O) groups excluding carboxylic acids is 1. The van der Waals surface area contributed by atoms with E-state index < -0.39 is 0 Å². The summed E-state index contributed by atoms with van der Waals surface area (Å²) in [5, 5.41) is 0. The van der Waals surface area contributed by atoms with Crippen molar-refractivity contribution in [1.29, 1.82) is 0 Å². The summed E-state index contributed by atoms with van der Waals surface area (Å²) in [6.45, 7) is 3.03. The number of carbonyl (C=O) groups is 1. The van der Waals surface area contributed by atoms with Crippen LogP contribution in [0.1, 0.15) is 18.1 Å². The fourth-order valence-corrected chi connectivity index (χ4v) is 5.06. The first kappa shape index (κ1) is 20.2. The molecule has 142 valence electrons. The van der Waals surface area contributed by atoms with Crippen LogP contribution in [0.4, 0.5) is 0 Å². The zero-order valence-corrected chi connectivity index (χ0v) is 18.1. The maximum absolute atomic E-state index is 12.4. The molecule has 2 aromatic carbocycles.